The number of rotatable bonds is 4. The van der Waals surface area contributed by atoms with Gasteiger partial charge >= 0.3 is 0 Å². The molecule has 0 spiro atoms. The van der Waals surface area contributed by atoms with E-state index in [4.69, 9.17) is 5.73 Å². The number of aromatic amines is 1. The first-order valence-electron chi connectivity index (χ1n) is 4.32. The first-order chi connectivity index (χ1) is 5.72. The molecule has 0 aromatic carbocycles. The van der Waals surface area contributed by atoms with Crippen molar-refractivity contribution in [3.8, 4) is 0 Å². The molecule has 0 radical (unpaired) electrons. The van der Waals surface area contributed by atoms with Crippen molar-refractivity contribution in [3.05, 3.63) is 11.6 Å². The van der Waals surface area contributed by atoms with Gasteiger partial charge in [-0.05, 0) is 12.3 Å². The second-order valence-electron chi connectivity index (χ2n) is 3.33. The fraction of sp³-hybridized carbons (Fsp3) is 0.750. The minimum atomic E-state index is 0.439. The Kier molecular flexibility index (Phi) is 3.22. The minimum Gasteiger partial charge on any atom is -0.324 e. The second-order valence-corrected chi connectivity index (χ2v) is 3.33. The second kappa shape index (κ2) is 4.21. The third-order valence-corrected chi connectivity index (χ3v) is 1.72. The van der Waals surface area contributed by atoms with Gasteiger partial charge in [-0.1, -0.05) is 13.8 Å². The molecule has 0 fully saturated rings. The molecule has 0 atom stereocenters. The van der Waals surface area contributed by atoms with E-state index in [1.807, 2.05) is 0 Å². The molecule has 12 heavy (non-hydrogen) atoms. The predicted molar refractivity (Wildman–Crippen MR) is 47.4 cm³/mol. The van der Waals surface area contributed by atoms with Crippen LogP contribution in [0.1, 0.15) is 31.9 Å². The molecule has 0 bridgehead atoms. The zero-order chi connectivity index (χ0) is 8.97. The van der Waals surface area contributed by atoms with Crippen LogP contribution >= 0.6 is 0 Å². The third kappa shape index (κ3) is 2.62. The van der Waals surface area contributed by atoms with Gasteiger partial charge in [0.1, 0.15) is 5.82 Å². The molecule has 3 N–H and O–H groups in total. The van der Waals surface area contributed by atoms with Crippen LogP contribution in [0.2, 0.25) is 0 Å². The standard InChI is InChI=1S/C8H16N4/c1-6(2)3-4-7-10-8(5-9)12-11-7/h6H,3-5,9H2,1-2H3,(H,10,11,12). The van der Waals surface area contributed by atoms with Crippen LogP contribution in [0, 0.1) is 5.92 Å². The van der Waals surface area contributed by atoms with Gasteiger partial charge in [-0.15, -0.1) is 0 Å². The summed E-state index contributed by atoms with van der Waals surface area (Å²) in [5.74, 6) is 2.35. The average Bonchev–Trinajstić information content (AvgIpc) is 2.48. The summed E-state index contributed by atoms with van der Waals surface area (Å²) in [6, 6.07) is 0. The summed E-state index contributed by atoms with van der Waals surface area (Å²) < 4.78 is 0. The summed E-state index contributed by atoms with van der Waals surface area (Å²) in [6.45, 7) is 4.82. The van der Waals surface area contributed by atoms with Crippen LogP contribution < -0.4 is 5.73 Å². The van der Waals surface area contributed by atoms with E-state index in [1.165, 1.54) is 0 Å². The molecule has 0 saturated carbocycles. The number of aryl methyl sites for hydroxylation is 1. The Morgan fingerprint density at radius 2 is 2.25 bits per heavy atom. The highest BCUT2D eigenvalue weighted by atomic mass is 15.2. The van der Waals surface area contributed by atoms with Crippen LogP contribution in [-0.4, -0.2) is 15.2 Å². The fourth-order valence-corrected chi connectivity index (χ4v) is 0.956. The van der Waals surface area contributed by atoms with E-state index in [1.54, 1.807) is 0 Å². The molecule has 0 aliphatic heterocycles. The van der Waals surface area contributed by atoms with Crippen LogP contribution in [-0.2, 0) is 13.0 Å². The smallest absolute Gasteiger partial charge is 0.150 e. The lowest BCUT2D eigenvalue weighted by atomic mass is 10.1. The van der Waals surface area contributed by atoms with Gasteiger partial charge < -0.3 is 5.73 Å². The number of aromatic nitrogens is 3. The molecule has 1 aromatic heterocycles. The van der Waals surface area contributed by atoms with E-state index in [0.29, 0.717) is 12.5 Å². The van der Waals surface area contributed by atoms with Crippen molar-refractivity contribution in [1.29, 1.82) is 0 Å². The van der Waals surface area contributed by atoms with Gasteiger partial charge in [-0.3, -0.25) is 5.10 Å². The van der Waals surface area contributed by atoms with Crippen molar-refractivity contribution in [1.82, 2.24) is 15.2 Å². The SMILES string of the molecule is CC(C)CCc1n[nH]c(CN)n1. The van der Waals surface area contributed by atoms with Gasteiger partial charge in [0.2, 0.25) is 0 Å². The molecule has 1 rings (SSSR count). The van der Waals surface area contributed by atoms with Gasteiger partial charge in [0.25, 0.3) is 0 Å². The number of nitrogens with one attached hydrogen (secondary N) is 1. The van der Waals surface area contributed by atoms with Crippen molar-refractivity contribution in [2.45, 2.75) is 33.2 Å². The molecular formula is C8H16N4. The van der Waals surface area contributed by atoms with Gasteiger partial charge in [-0.25, -0.2) is 4.98 Å². The van der Waals surface area contributed by atoms with Gasteiger partial charge in [0, 0.05) is 6.42 Å². The highest BCUT2D eigenvalue weighted by molar-refractivity contribution is 4.89. The van der Waals surface area contributed by atoms with Gasteiger partial charge in [-0.2, -0.15) is 5.10 Å². The van der Waals surface area contributed by atoms with Crippen molar-refractivity contribution >= 4 is 0 Å². The molecule has 4 nitrogen and oxygen atoms in total. The maximum atomic E-state index is 5.39. The van der Waals surface area contributed by atoms with E-state index >= 15 is 0 Å². The quantitative estimate of drug-likeness (QED) is 0.700. The summed E-state index contributed by atoms with van der Waals surface area (Å²) >= 11 is 0. The Morgan fingerprint density at radius 3 is 2.75 bits per heavy atom. The van der Waals surface area contributed by atoms with Crippen LogP contribution in [0.15, 0.2) is 0 Å². The summed E-state index contributed by atoms with van der Waals surface area (Å²) in [4.78, 5) is 4.21. The number of H-pyrrole nitrogens is 1. The fourth-order valence-electron chi connectivity index (χ4n) is 0.956. The van der Waals surface area contributed by atoms with Gasteiger partial charge in [0.05, 0.1) is 6.54 Å². The Hall–Kier alpha value is -0.900. The molecule has 0 aliphatic carbocycles. The Bertz CT molecular complexity index is 229. The maximum Gasteiger partial charge on any atom is 0.150 e. The topological polar surface area (TPSA) is 67.6 Å². The first-order valence-corrected chi connectivity index (χ1v) is 4.32. The van der Waals surface area contributed by atoms with Crippen molar-refractivity contribution < 1.29 is 0 Å². The predicted octanol–water partition coefficient (Wildman–Crippen LogP) is 0.852. The summed E-state index contributed by atoms with van der Waals surface area (Å²) in [7, 11) is 0. The van der Waals surface area contributed by atoms with Crippen molar-refractivity contribution in [2.24, 2.45) is 11.7 Å². The van der Waals surface area contributed by atoms with Crippen LogP contribution in [0.3, 0.4) is 0 Å². The largest absolute Gasteiger partial charge is 0.324 e. The molecule has 1 heterocycles. The molecule has 4 heteroatoms. The molecule has 68 valence electrons. The highest BCUT2D eigenvalue weighted by Crippen LogP contribution is 2.04. The minimum absolute atomic E-state index is 0.439. The number of nitrogens with two attached hydrogens (primary N) is 1. The lowest BCUT2D eigenvalue weighted by molar-refractivity contribution is 0.575. The van der Waals surface area contributed by atoms with Crippen molar-refractivity contribution in [3.63, 3.8) is 0 Å². The average molecular weight is 168 g/mol. The number of hydrogen-bond donors (Lipinski definition) is 2. The van der Waals surface area contributed by atoms with Crippen molar-refractivity contribution in [2.75, 3.05) is 0 Å². The molecule has 0 amide bonds. The molecular weight excluding hydrogens is 152 g/mol. The lowest BCUT2D eigenvalue weighted by Gasteiger charge is -1.99. The number of hydrogen-bond acceptors (Lipinski definition) is 3. The monoisotopic (exact) mass is 168 g/mol. The third-order valence-electron chi connectivity index (χ3n) is 1.72. The molecule has 0 aliphatic rings. The van der Waals surface area contributed by atoms with Crippen LogP contribution in [0.25, 0.3) is 0 Å². The normalized spacial score (nSPS) is 11.0. The van der Waals surface area contributed by atoms with E-state index in [9.17, 15) is 0 Å². The highest BCUT2D eigenvalue weighted by Gasteiger charge is 2.02. The Balaban J connectivity index is 2.41. The van der Waals surface area contributed by atoms with Gasteiger partial charge in [0.15, 0.2) is 5.82 Å². The first kappa shape index (κ1) is 9.19. The van der Waals surface area contributed by atoms with Crippen LogP contribution in [0.4, 0.5) is 0 Å². The van der Waals surface area contributed by atoms with E-state index in [2.05, 4.69) is 29.0 Å². The molecule has 0 unspecified atom stereocenters. The summed E-state index contributed by atoms with van der Waals surface area (Å²) in [5, 5.41) is 6.84. The van der Waals surface area contributed by atoms with E-state index in [0.717, 1.165) is 24.5 Å². The summed E-state index contributed by atoms with van der Waals surface area (Å²) in [6.07, 6.45) is 2.07. The zero-order valence-electron chi connectivity index (χ0n) is 7.67. The lowest BCUT2D eigenvalue weighted by Crippen LogP contribution is -1.98. The maximum absolute atomic E-state index is 5.39. The van der Waals surface area contributed by atoms with Crippen LogP contribution in [0.5, 0.6) is 0 Å². The molecule has 0 saturated heterocycles. The van der Waals surface area contributed by atoms with E-state index in [-0.39, 0.29) is 0 Å². The Morgan fingerprint density at radius 1 is 1.50 bits per heavy atom. The van der Waals surface area contributed by atoms with E-state index < -0.39 is 0 Å². The molecule has 1 aromatic rings. The summed E-state index contributed by atoms with van der Waals surface area (Å²) in [5.41, 5.74) is 5.39. The number of nitrogens with zero attached hydrogens (tertiary/aromatic N) is 2. The zero-order valence-corrected chi connectivity index (χ0v) is 7.67. The Labute approximate surface area is 72.6 Å².